The highest BCUT2D eigenvalue weighted by atomic mass is 127. The summed E-state index contributed by atoms with van der Waals surface area (Å²) in [5.41, 5.74) is 1.23. The first-order valence-corrected chi connectivity index (χ1v) is 7.50. The minimum Gasteiger partial charge on any atom is -0.356 e. The van der Waals surface area contributed by atoms with Gasteiger partial charge >= 0.3 is 0 Å². The Morgan fingerprint density at radius 1 is 1.30 bits per heavy atom. The van der Waals surface area contributed by atoms with Gasteiger partial charge in [-0.05, 0) is 25.8 Å². The first-order chi connectivity index (χ1) is 10.7. The molecule has 1 unspecified atom stereocenters. The van der Waals surface area contributed by atoms with Gasteiger partial charge in [0.15, 0.2) is 11.8 Å². The monoisotopic (exact) mass is 429 g/mol. The van der Waals surface area contributed by atoms with E-state index in [2.05, 4.69) is 44.8 Å². The van der Waals surface area contributed by atoms with Gasteiger partial charge in [0.2, 0.25) is 5.89 Å². The maximum Gasteiger partial charge on any atom is 0.226 e. The van der Waals surface area contributed by atoms with Crippen LogP contribution in [0.1, 0.15) is 36.7 Å². The maximum absolute atomic E-state index is 5.09. The van der Waals surface area contributed by atoms with Crippen molar-refractivity contribution in [3.05, 3.63) is 47.6 Å². The number of aryl methyl sites for hydroxylation is 2. The van der Waals surface area contributed by atoms with Gasteiger partial charge in [-0.2, -0.15) is 4.98 Å². The minimum absolute atomic E-state index is 0. The zero-order valence-electron chi connectivity index (χ0n) is 13.7. The Kier molecular flexibility index (Phi) is 8.60. The Morgan fingerprint density at radius 3 is 2.65 bits per heavy atom. The number of aliphatic imine (C=N–C) groups is 1. The molecule has 0 aliphatic heterocycles. The number of nitrogens with one attached hydrogen (secondary N) is 2. The van der Waals surface area contributed by atoms with Crippen LogP contribution in [0.15, 0.2) is 39.8 Å². The zero-order valence-corrected chi connectivity index (χ0v) is 16.1. The van der Waals surface area contributed by atoms with Crippen LogP contribution < -0.4 is 10.6 Å². The Hall–Kier alpha value is -1.64. The quantitative estimate of drug-likeness (QED) is 0.320. The summed E-state index contributed by atoms with van der Waals surface area (Å²) in [5, 5.41) is 10.4. The highest BCUT2D eigenvalue weighted by Gasteiger charge is 2.07. The fraction of sp³-hybridized carbons (Fsp3) is 0.438. The summed E-state index contributed by atoms with van der Waals surface area (Å²) in [4.78, 5) is 8.43. The second-order valence-electron chi connectivity index (χ2n) is 5.11. The number of halogens is 1. The molecule has 2 rings (SSSR count). The van der Waals surface area contributed by atoms with Crippen molar-refractivity contribution >= 4 is 29.9 Å². The van der Waals surface area contributed by atoms with Crippen LogP contribution in [0.4, 0.5) is 0 Å². The molecule has 0 spiro atoms. The minimum atomic E-state index is 0. The molecule has 0 aliphatic rings. The average Bonchev–Trinajstić information content (AvgIpc) is 2.96. The standard InChI is InChI=1S/C16H23N5O.HI/c1-12(14-8-5-4-6-9-14)19-16(17-3)18-11-7-10-15-20-13(2)21-22-15;/h4-6,8-9,12H,7,10-11H2,1-3H3,(H2,17,18,19);1H. The molecule has 126 valence electrons. The SMILES string of the molecule is CN=C(NCCCc1nc(C)no1)NC(C)c1ccccc1.I. The first kappa shape index (κ1) is 19.4. The molecule has 0 saturated heterocycles. The maximum atomic E-state index is 5.09. The summed E-state index contributed by atoms with van der Waals surface area (Å²) in [6.45, 7) is 4.73. The van der Waals surface area contributed by atoms with E-state index in [4.69, 9.17) is 4.52 Å². The van der Waals surface area contributed by atoms with Gasteiger partial charge in [0.1, 0.15) is 0 Å². The lowest BCUT2D eigenvalue weighted by Gasteiger charge is -2.18. The van der Waals surface area contributed by atoms with E-state index in [-0.39, 0.29) is 30.0 Å². The highest BCUT2D eigenvalue weighted by Crippen LogP contribution is 2.10. The van der Waals surface area contributed by atoms with E-state index in [1.165, 1.54) is 5.56 Å². The predicted molar refractivity (Wildman–Crippen MR) is 102 cm³/mol. The van der Waals surface area contributed by atoms with Crippen molar-refractivity contribution in [3.8, 4) is 0 Å². The fourth-order valence-corrected chi connectivity index (χ4v) is 2.11. The third-order valence-corrected chi connectivity index (χ3v) is 3.31. The number of hydrogen-bond acceptors (Lipinski definition) is 4. The molecule has 0 fully saturated rings. The van der Waals surface area contributed by atoms with Crippen LogP contribution in [0.3, 0.4) is 0 Å². The number of benzene rings is 1. The van der Waals surface area contributed by atoms with E-state index < -0.39 is 0 Å². The smallest absolute Gasteiger partial charge is 0.226 e. The van der Waals surface area contributed by atoms with Crippen molar-refractivity contribution < 1.29 is 4.52 Å². The van der Waals surface area contributed by atoms with Gasteiger partial charge in [-0.3, -0.25) is 4.99 Å². The number of nitrogens with zero attached hydrogens (tertiary/aromatic N) is 3. The number of rotatable bonds is 6. The number of hydrogen-bond donors (Lipinski definition) is 2. The average molecular weight is 429 g/mol. The van der Waals surface area contributed by atoms with Crippen LogP contribution in [0.2, 0.25) is 0 Å². The van der Waals surface area contributed by atoms with E-state index in [1.54, 1.807) is 7.05 Å². The highest BCUT2D eigenvalue weighted by molar-refractivity contribution is 14.0. The molecule has 2 N–H and O–H groups in total. The third-order valence-electron chi connectivity index (χ3n) is 3.31. The van der Waals surface area contributed by atoms with Crippen LogP contribution in [-0.2, 0) is 6.42 Å². The number of aromatic nitrogens is 2. The molecule has 1 aromatic heterocycles. The lowest BCUT2D eigenvalue weighted by molar-refractivity contribution is 0.372. The van der Waals surface area contributed by atoms with E-state index >= 15 is 0 Å². The van der Waals surface area contributed by atoms with Crippen LogP contribution in [-0.4, -0.2) is 29.7 Å². The summed E-state index contributed by atoms with van der Waals surface area (Å²) in [7, 11) is 1.77. The van der Waals surface area contributed by atoms with Crippen LogP contribution in [0, 0.1) is 6.92 Å². The normalized spacial score (nSPS) is 12.4. The molecule has 0 aliphatic carbocycles. The predicted octanol–water partition coefficient (Wildman–Crippen LogP) is 2.85. The van der Waals surface area contributed by atoms with Crippen LogP contribution in [0.5, 0.6) is 0 Å². The largest absolute Gasteiger partial charge is 0.356 e. The third kappa shape index (κ3) is 6.55. The molecular weight excluding hydrogens is 405 g/mol. The molecule has 0 amide bonds. The summed E-state index contributed by atoms with van der Waals surface area (Å²) in [6.07, 6.45) is 1.67. The molecule has 2 aromatic rings. The second kappa shape index (κ2) is 10.2. The molecular formula is C16H24IN5O. The summed E-state index contributed by atoms with van der Waals surface area (Å²) in [5.74, 6) is 2.15. The molecule has 23 heavy (non-hydrogen) atoms. The molecule has 6 nitrogen and oxygen atoms in total. The molecule has 7 heteroatoms. The van der Waals surface area contributed by atoms with Gasteiger partial charge in [-0.25, -0.2) is 0 Å². The number of guanidine groups is 1. The van der Waals surface area contributed by atoms with Gasteiger partial charge in [-0.15, -0.1) is 24.0 Å². The van der Waals surface area contributed by atoms with Gasteiger partial charge < -0.3 is 15.2 Å². The topological polar surface area (TPSA) is 75.3 Å². The van der Waals surface area contributed by atoms with Crippen LogP contribution >= 0.6 is 24.0 Å². The van der Waals surface area contributed by atoms with Crippen molar-refractivity contribution in [2.24, 2.45) is 4.99 Å². The van der Waals surface area contributed by atoms with Crippen LogP contribution in [0.25, 0.3) is 0 Å². The fourth-order valence-electron chi connectivity index (χ4n) is 2.11. The van der Waals surface area contributed by atoms with Gasteiger partial charge in [0.25, 0.3) is 0 Å². The lowest BCUT2D eigenvalue weighted by atomic mass is 10.1. The van der Waals surface area contributed by atoms with E-state index in [0.717, 1.165) is 25.3 Å². The second-order valence-corrected chi connectivity index (χ2v) is 5.11. The lowest BCUT2D eigenvalue weighted by Crippen LogP contribution is -2.39. The zero-order chi connectivity index (χ0) is 15.8. The van der Waals surface area contributed by atoms with Gasteiger partial charge in [0, 0.05) is 20.0 Å². The molecule has 0 saturated carbocycles. The van der Waals surface area contributed by atoms with Gasteiger partial charge in [0.05, 0.1) is 6.04 Å². The molecule has 1 atom stereocenters. The van der Waals surface area contributed by atoms with Crippen molar-refractivity contribution in [2.75, 3.05) is 13.6 Å². The summed E-state index contributed by atoms with van der Waals surface area (Å²) in [6, 6.07) is 10.5. The van der Waals surface area contributed by atoms with Crippen molar-refractivity contribution in [3.63, 3.8) is 0 Å². The molecule has 0 bridgehead atoms. The van der Waals surface area contributed by atoms with Crippen molar-refractivity contribution in [2.45, 2.75) is 32.7 Å². The van der Waals surface area contributed by atoms with E-state index in [1.807, 2.05) is 25.1 Å². The Balaban J connectivity index is 0.00000264. The summed E-state index contributed by atoms with van der Waals surface area (Å²) >= 11 is 0. The van der Waals surface area contributed by atoms with Crippen molar-refractivity contribution in [1.82, 2.24) is 20.8 Å². The van der Waals surface area contributed by atoms with E-state index in [9.17, 15) is 0 Å². The van der Waals surface area contributed by atoms with E-state index in [0.29, 0.717) is 11.7 Å². The summed E-state index contributed by atoms with van der Waals surface area (Å²) < 4.78 is 5.09. The van der Waals surface area contributed by atoms with Gasteiger partial charge in [-0.1, -0.05) is 35.5 Å². The molecule has 0 radical (unpaired) electrons. The Labute approximate surface area is 154 Å². The molecule has 1 heterocycles. The Bertz CT molecular complexity index is 600. The van der Waals surface area contributed by atoms with Crippen molar-refractivity contribution in [1.29, 1.82) is 0 Å². The first-order valence-electron chi connectivity index (χ1n) is 7.50. The molecule has 1 aromatic carbocycles. The Morgan fingerprint density at radius 2 is 2.04 bits per heavy atom.